The van der Waals surface area contributed by atoms with Gasteiger partial charge in [0.1, 0.15) is 0 Å². The van der Waals surface area contributed by atoms with Gasteiger partial charge in [-0.3, -0.25) is 0 Å². The zero-order chi connectivity index (χ0) is 23.4. The normalized spacial score (nSPS) is 21.8. The number of hydrogen-bond donors (Lipinski definition) is 1. The molecule has 1 N–H and O–H groups in total. The SMILES string of the molecule is CCCCN(C)CC1(c2ccccc2)CCC(NC)(c2ccccc2)CC1.[Li+].[c-]1ccccc1. The minimum absolute atomic E-state index is 0. The maximum atomic E-state index is 3.70. The van der Waals surface area contributed by atoms with E-state index in [4.69, 9.17) is 0 Å². The summed E-state index contributed by atoms with van der Waals surface area (Å²) in [5.74, 6) is 0. The van der Waals surface area contributed by atoms with Crippen LogP contribution < -0.4 is 24.2 Å². The molecule has 1 fully saturated rings. The van der Waals surface area contributed by atoms with Crippen molar-refractivity contribution in [2.45, 2.75) is 56.4 Å². The molecular weight excluding hydrogens is 407 g/mol. The molecule has 0 atom stereocenters. The Kier molecular flexibility index (Phi) is 12.2. The Bertz CT molecular complexity index is 864. The molecule has 3 aromatic carbocycles. The number of rotatable bonds is 8. The van der Waals surface area contributed by atoms with Crippen LogP contribution in [0.15, 0.2) is 91.0 Å². The number of benzene rings is 3. The van der Waals surface area contributed by atoms with E-state index in [2.05, 4.69) is 98.0 Å². The van der Waals surface area contributed by atoms with E-state index in [0.29, 0.717) is 0 Å². The Morgan fingerprint density at radius 1 is 0.794 bits per heavy atom. The zero-order valence-electron chi connectivity index (χ0n) is 21.8. The van der Waals surface area contributed by atoms with Crippen LogP contribution in [0, 0.1) is 6.07 Å². The van der Waals surface area contributed by atoms with Gasteiger partial charge in [0.2, 0.25) is 0 Å². The van der Waals surface area contributed by atoms with Crippen molar-refractivity contribution in [3.8, 4) is 0 Å². The van der Waals surface area contributed by atoms with Crippen LogP contribution in [0.3, 0.4) is 0 Å². The third-order valence-corrected chi connectivity index (χ3v) is 7.32. The minimum Gasteiger partial charge on any atom is -0.310 e. The van der Waals surface area contributed by atoms with E-state index < -0.39 is 0 Å². The summed E-state index contributed by atoms with van der Waals surface area (Å²) < 4.78 is 0. The third kappa shape index (κ3) is 7.59. The first-order valence-electron chi connectivity index (χ1n) is 12.5. The monoisotopic (exact) mass is 448 g/mol. The van der Waals surface area contributed by atoms with Gasteiger partial charge in [-0.15, -0.1) is 0 Å². The second kappa shape index (κ2) is 14.5. The summed E-state index contributed by atoms with van der Waals surface area (Å²) in [6, 6.07) is 34.8. The molecule has 4 rings (SSSR count). The standard InChI is InChI=1S/C25H36N2.C6H5.Li/c1-4-5-20-27(3)21-24(22-12-8-6-9-13-22)16-18-25(26-2,19-17-24)23-14-10-7-11-15-23;1-2-4-6-5-3-1;/h6-15,26H,4-5,16-21H2,1-3H3;1-5H;/q;-1;+1. The van der Waals surface area contributed by atoms with Crippen molar-refractivity contribution in [2.24, 2.45) is 0 Å². The fraction of sp³-hybridized carbons (Fsp3) is 0.419. The first kappa shape index (κ1) is 28.4. The molecule has 3 aromatic rings. The topological polar surface area (TPSA) is 15.3 Å². The van der Waals surface area contributed by atoms with Crippen molar-refractivity contribution < 1.29 is 18.9 Å². The Morgan fingerprint density at radius 3 is 1.76 bits per heavy atom. The summed E-state index contributed by atoms with van der Waals surface area (Å²) in [7, 11) is 4.44. The Balaban J connectivity index is 0.000000508. The van der Waals surface area contributed by atoms with Crippen LogP contribution in [0.5, 0.6) is 0 Å². The van der Waals surface area contributed by atoms with Crippen molar-refractivity contribution in [3.05, 3.63) is 108 Å². The van der Waals surface area contributed by atoms with Crippen LogP contribution in [-0.2, 0) is 11.0 Å². The van der Waals surface area contributed by atoms with Gasteiger partial charge < -0.3 is 10.2 Å². The Hall–Kier alpha value is -1.82. The van der Waals surface area contributed by atoms with E-state index in [9.17, 15) is 0 Å². The smallest absolute Gasteiger partial charge is 0.310 e. The number of likely N-dealkylation sites (N-methyl/N-ethyl adjacent to an activating group) is 1. The van der Waals surface area contributed by atoms with E-state index in [0.717, 1.165) is 6.54 Å². The van der Waals surface area contributed by atoms with Crippen molar-refractivity contribution in [1.82, 2.24) is 10.2 Å². The molecular formula is C31H41LiN2. The first-order chi connectivity index (χ1) is 16.1. The summed E-state index contributed by atoms with van der Waals surface area (Å²) in [5.41, 5.74) is 3.33. The van der Waals surface area contributed by atoms with Gasteiger partial charge >= 0.3 is 18.9 Å². The van der Waals surface area contributed by atoms with E-state index in [1.54, 1.807) is 0 Å². The maximum absolute atomic E-state index is 3.70. The molecule has 1 aliphatic carbocycles. The molecule has 0 unspecified atom stereocenters. The molecule has 0 saturated heterocycles. The molecule has 0 spiro atoms. The maximum Gasteiger partial charge on any atom is 1.00 e. The van der Waals surface area contributed by atoms with Crippen molar-refractivity contribution >= 4 is 0 Å². The molecule has 0 radical (unpaired) electrons. The van der Waals surface area contributed by atoms with E-state index in [1.807, 2.05) is 30.3 Å². The molecule has 1 saturated carbocycles. The molecule has 0 amide bonds. The summed E-state index contributed by atoms with van der Waals surface area (Å²) >= 11 is 0. The molecule has 0 bridgehead atoms. The number of unbranched alkanes of at least 4 members (excludes halogenated alkanes) is 1. The molecule has 34 heavy (non-hydrogen) atoms. The van der Waals surface area contributed by atoms with Gasteiger partial charge in [0, 0.05) is 17.5 Å². The largest absolute Gasteiger partial charge is 1.00 e. The van der Waals surface area contributed by atoms with Gasteiger partial charge in [-0.05, 0) is 63.9 Å². The molecule has 176 valence electrons. The van der Waals surface area contributed by atoms with Crippen LogP contribution >= 0.6 is 0 Å². The average Bonchev–Trinajstić information content (AvgIpc) is 2.90. The zero-order valence-corrected chi connectivity index (χ0v) is 21.8. The second-order valence-electron chi connectivity index (χ2n) is 9.51. The summed E-state index contributed by atoms with van der Waals surface area (Å²) in [6.07, 6.45) is 7.37. The summed E-state index contributed by atoms with van der Waals surface area (Å²) in [4.78, 5) is 2.56. The first-order valence-corrected chi connectivity index (χ1v) is 12.5. The number of nitrogens with one attached hydrogen (secondary N) is 1. The van der Waals surface area contributed by atoms with E-state index in [-0.39, 0.29) is 29.8 Å². The van der Waals surface area contributed by atoms with Crippen LogP contribution in [-0.4, -0.2) is 32.1 Å². The average molecular weight is 449 g/mol. The fourth-order valence-electron chi connectivity index (χ4n) is 5.29. The van der Waals surface area contributed by atoms with Crippen LogP contribution in [0.1, 0.15) is 56.6 Å². The van der Waals surface area contributed by atoms with E-state index in [1.165, 1.54) is 56.2 Å². The molecule has 2 nitrogen and oxygen atoms in total. The molecule has 0 aliphatic heterocycles. The summed E-state index contributed by atoms with van der Waals surface area (Å²) in [5, 5.41) is 3.70. The van der Waals surface area contributed by atoms with Gasteiger partial charge in [-0.2, -0.15) is 36.4 Å². The number of hydrogen-bond acceptors (Lipinski definition) is 2. The van der Waals surface area contributed by atoms with Gasteiger partial charge in [-0.25, -0.2) is 0 Å². The van der Waals surface area contributed by atoms with Gasteiger partial charge in [-0.1, -0.05) is 74.0 Å². The molecule has 3 heteroatoms. The minimum atomic E-state index is 0. The van der Waals surface area contributed by atoms with Gasteiger partial charge in [0.05, 0.1) is 0 Å². The number of nitrogens with zero attached hydrogens (tertiary/aromatic N) is 1. The molecule has 1 aliphatic rings. The van der Waals surface area contributed by atoms with Crippen LogP contribution in [0.4, 0.5) is 0 Å². The predicted octanol–water partition coefficient (Wildman–Crippen LogP) is 3.84. The quantitative estimate of drug-likeness (QED) is 0.416. The molecule has 0 heterocycles. The van der Waals surface area contributed by atoms with Gasteiger partial charge in [0.15, 0.2) is 0 Å². The Labute approximate surface area is 220 Å². The van der Waals surface area contributed by atoms with Gasteiger partial charge in [0.25, 0.3) is 0 Å². The van der Waals surface area contributed by atoms with E-state index >= 15 is 0 Å². The van der Waals surface area contributed by atoms with Crippen molar-refractivity contribution in [1.29, 1.82) is 0 Å². The van der Waals surface area contributed by atoms with Crippen LogP contribution in [0.25, 0.3) is 0 Å². The van der Waals surface area contributed by atoms with Crippen molar-refractivity contribution in [3.63, 3.8) is 0 Å². The summed E-state index contributed by atoms with van der Waals surface area (Å²) in [6.45, 7) is 4.63. The van der Waals surface area contributed by atoms with Crippen LogP contribution in [0.2, 0.25) is 0 Å². The molecule has 0 aromatic heterocycles. The third-order valence-electron chi connectivity index (χ3n) is 7.32. The fourth-order valence-corrected chi connectivity index (χ4v) is 5.29. The Morgan fingerprint density at radius 2 is 1.32 bits per heavy atom. The van der Waals surface area contributed by atoms with Crippen molar-refractivity contribution in [2.75, 3.05) is 27.2 Å². The predicted molar refractivity (Wildman–Crippen MR) is 141 cm³/mol. The second-order valence-corrected chi connectivity index (χ2v) is 9.51.